The fourth-order valence-electron chi connectivity index (χ4n) is 4.67. The van der Waals surface area contributed by atoms with Crippen molar-refractivity contribution in [2.75, 3.05) is 5.75 Å². The molecule has 1 fully saturated rings. The van der Waals surface area contributed by atoms with Gasteiger partial charge in [0.2, 0.25) is 0 Å². The van der Waals surface area contributed by atoms with Crippen molar-refractivity contribution in [2.45, 2.75) is 75.0 Å². The Morgan fingerprint density at radius 2 is 2.00 bits per heavy atom. The average Bonchev–Trinajstić information content (AvgIpc) is 3.16. The van der Waals surface area contributed by atoms with E-state index in [9.17, 15) is 14.1 Å². The largest absolute Gasteiger partial charge is 0.385 e. The van der Waals surface area contributed by atoms with Gasteiger partial charge in [0.25, 0.3) is 0 Å². The molecular formula is C25H32O3S2. The summed E-state index contributed by atoms with van der Waals surface area (Å²) >= 11 is 1.30. The lowest BCUT2D eigenvalue weighted by atomic mass is 9.86. The first-order valence-electron chi connectivity index (χ1n) is 10.9. The number of ketones is 1. The molecule has 5 heteroatoms. The Hall–Kier alpha value is -1.43. The number of fused-ring (bicyclic) bond motifs is 1. The van der Waals surface area contributed by atoms with Crippen LogP contribution in [0.5, 0.6) is 0 Å². The van der Waals surface area contributed by atoms with Crippen LogP contribution in [0, 0.1) is 5.92 Å². The zero-order chi connectivity index (χ0) is 21.7. The number of aryl methyl sites for hydroxylation is 1. The van der Waals surface area contributed by atoms with Crippen LogP contribution < -0.4 is 0 Å². The van der Waals surface area contributed by atoms with E-state index in [2.05, 4.69) is 24.9 Å². The summed E-state index contributed by atoms with van der Waals surface area (Å²) in [5.41, 5.74) is 4.29. The smallest absolute Gasteiger partial charge is 0.149 e. The molecule has 0 amide bonds. The molecule has 0 aliphatic heterocycles. The van der Waals surface area contributed by atoms with E-state index in [-0.39, 0.29) is 11.5 Å². The number of hydrogen-bond donors (Lipinski definition) is 1. The van der Waals surface area contributed by atoms with Crippen LogP contribution >= 0.6 is 11.3 Å². The predicted molar refractivity (Wildman–Crippen MR) is 126 cm³/mol. The fraction of sp³-hybridized carbons (Fsp3) is 0.520. The summed E-state index contributed by atoms with van der Waals surface area (Å²) in [6.45, 7) is 5.70. The zero-order valence-electron chi connectivity index (χ0n) is 18.2. The predicted octanol–water partition coefficient (Wildman–Crippen LogP) is 4.86. The van der Waals surface area contributed by atoms with E-state index in [4.69, 9.17) is 0 Å². The Labute approximate surface area is 184 Å². The van der Waals surface area contributed by atoms with Crippen molar-refractivity contribution < 1.29 is 14.1 Å². The van der Waals surface area contributed by atoms with E-state index < -0.39 is 15.1 Å². The molecule has 0 saturated heterocycles. The molecule has 0 bridgehead atoms. The highest BCUT2D eigenvalue weighted by Crippen LogP contribution is 2.44. The van der Waals surface area contributed by atoms with E-state index >= 15 is 0 Å². The minimum Gasteiger partial charge on any atom is -0.385 e. The van der Waals surface area contributed by atoms with Crippen molar-refractivity contribution in [3.8, 4) is 0 Å². The highest BCUT2D eigenvalue weighted by atomic mass is 32.2. The van der Waals surface area contributed by atoms with E-state index in [0.29, 0.717) is 16.5 Å². The molecule has 2 aliphatic rings. The maximum absolute atomic E-state index is 13.3. The second kappa shape index (κ2) is 7.92. The summed E-state index contributed by atoms with van der Waals surface area (Å²) in [5.74, 6) is 5.10. The van der Waals surface area contributed by atoms with Gasteiger partial charge in [-0.25, -0.2) is 0 Å². The van der Waals surface area contributed by atoms with Gasteiger partial charge in [0, 0.05) is 20.8 Å². The summed E-state index contributed by atoms with van der Waals surface area (Å²) in [6.07, 6.45) is 6.20. The summed E-state index contributed by atoms with van der Waals surface area (Å²) < 4.78 is 13.9. The van der Waals surface area contributed by atoms with Gasteiger partial charge in [-0.2, -0.15) is 0 Å². The third-order valence-electron chi connectivity index (χ3n) is 6.58. The monoisotopic (exact) mass is 444 g/mol. The first-order valence-corrected chi connectivity index (χ1v) is 13.6. The summed E-state index contributed by atoms with van der Waals surface area (Å²) in [7, 11) is -2.71. The lowest BCUT2D eigenvalue weighted by Crippen LogP contribution is -2.19. The van der Waals surface area contributed by atoms with Crippen molar-refractivity contribution in [3.63, 3.8) is 0 Å². The molecule has 2 aliphatic carbocycles. The first-order chi connectivity index (χ1) is 14.1. The van der Waals surface area contributed by atoms with Crippen molar-refractivity contribution >= 4 is 32.5 Å². The fourth-order valence-corrected chi connectivity index (χ4v) is 7.55. The van der Waals surface area contributed by atoms with Crippen LogP contribution in [0.1, 0.15) is 73.1 Å². The van der Waals surface area contributed by atoms with E-state index in [1.807, 2.05) is 0 Å². The summed E-state index contributed by atoms with van der Waals surface area (Å²) in [6, 6.07) is 8.04. The SMILES string of the molecule is C=S(=O)(CC(=O)Cc1c([C@@H](C)C2CC2)ccc2c1CCC2)c1ccc(C(C)(C)O)s1. The van der Waals surface area contributed by atoms with Crippen molar-refractivity contribution in [1.29, 1.82) is 0 Å². The third-order valence-corrected chi connectivity index (χ3v) is 10.6. The topological polar surface area (TPSA) is 54.4 Å². The van der Waals surface area contributed by atoms with E-state index in [1.54, 1.807) is 26.0 Å². The van der Waals surface area contributed by atoms with Crippen LogP contribution in [0.3, 0.4) is 0 Å². The second-order valence-corrected chi connectivity index (χ2v) is 13.3. The molecule has 30 heavy (non-hydrogen) atoms. The Bertz CT molecular complexity index is 1070. The Morgan fingerprint density at radius 1 is 1.27 bits per heavy atom. The maximum Gasteiger partial charge on any atom is 0.149 e. The van der Waals surface area contributed by atoms with Crippen LogP contribution in [0.25, 0.3) is 0 Å². The Kier molecular flexibility index (Phi) is 5.75. The molecule has 2 aromatic rings. The number of aliphatic hydroxyl groups is 1. The van der Waals surface area contributed by atoms with Crippen molar-refractivity contribution in [2.24, 2.45) is 5.92 Å². The molecule has 4 rings (SSSR count). The van der Waals surface area contributed by atoms with Gasteiger partial charge in [-0.1, -0.05) is 19.1 Å². The van der Waals surface area contributed by atoms with Gasteiger partial charge in [0.1, 0.15) is 5.78 Å². The molecule has 3 nitrogen and oxygen atoms in total. The minimum atomic E-state index is -2.71. The molecular weight excluding hydrogens is 412 g/mol. The maximum atomic E-state index is 13.3. The van der Waals surface area contributed by atoms with E-state index in [0.717, 1.165) is 30.1 Å². The van der Waals surface area contributed by atoms with Gasteiger partial charge < -0.3 is 5.11 Å². The standard InChI is InChI=1S/C25H32O3S2/c1-16(17-8-9-17)20-11-10-18-6-5-7-21(18)22(20)14-19(26)15-30(4,28)24-13-12-23(29-24)25(2,3)27/h10-13,16-17,27H,4-9,14-15H2,1-3H3/t16-,30?/m0/s1. The quantitative estimate of drug-likeness (QED) is 0.591. The highest BCUT2D eigenvalue weighted by Gasteiger charge is 2.32. The lowest BCUT2D eigenvalue weighted by molar-refractivity contribution is -0.116. The second-order valence-electron chi connectivity index (χ2n) is 9.60. The van der Waals surface area contributed by atoms with Gasteiger partial charge in [-0.3, -0.25) is 9.00 Å². The summed E-state index contributed by atoms with van der Waals surface area (Å²) in [5, 5.41) is 10.2. The van der Waals surface area contributed by atoms with Crippen molar-refractivity contribution in [1.82, 2.24) is 0 Å². The van der Waals surface area contributed by atoms with Gasteiger partial charge >= 0.3 is 0 Å². The van der Waals surface area contributed by atoms with Crippen LogP contribution in [0.15, 0.2) is 28.5 Å². The third kappa shape index (κ3) is 4.44. The highest BCUT2D eigenvalue weighted by molar-refractivity contribution is 8.02. The zero-order valence-corrected chi connectivity index (χ0v) is 19.8. The molecule has 1 aromatic heterocycles. The molecule has 1 heterocycles. The van der Waals surface area contributed by atoms with Gasteiger partial charge in [-0.15, -0.1) is 11.3 Å². The molecule has 1 unspecified atom stereocenters. The lowest BCUT2D eigenvalue weighted by Gasteiger charge is -2.20. The van der Waals surface area contributed by atoms with Crippen LogP contribution in [-0.2, 0) is 39.2 Å². The van der Waals surface area contributed by atoms with E-state index in [1.165, 1.54) is 46.4 Å². The minimum absolute atomic E-state index is 0.00208. The number of thiophene rings is 1. The molecule has 162 valence electrons. The number of carbonyl (C=O) groups is 1. The van der Waals surface area contributed by atoms with Crippen molar-refractivity contribution in [3.05, 3.63) is 51.4 Å². The normalized spacial score (nSPS) is 19.3. The molecule has 0 radical (unpaired) electrons. The molecule has 2 atom stereocenters. The number of benzene rings is 1. The summed E-state index contributed by atoms with van der Waals surface area (Å²) in [4.78, 5) is 13.8. The molecule has 1 saturated carbocycles. The van der Waals surface area contributed by atoms with Crippen LogP contribution in [0.4, 0.5) is 0 Å². The first kappa shape index (κ1) is 21.8. The van der Waals surface area contributed by atoms with Gasteiger partial charge in [0.05, 0.1) is 15.6 Å². The van der Waals surface area contributed by atoms with Crippen LogP contribution in [0.2, 0.25) is 0 Å². The number of Topliss-reactive ketones (excluding diaryl/α,β-unsaturated/α-hetero) is 1. The van der Waals surface area contributed by atoms with Gasteiger partial charge in [-0.05, 0) is 98.0 Å². The number of carbonyl (C=O) groups excluding carboxylic acids is 1. The number of hydrogen-bond acceptors (Lipinski definition) is 4. The Morgan fingerprint density at radius 3 is 2.63 bits per heavy atom. The number of rotatable bonds is 8. The van der Waals surface area contributed by atoms with Gasteiger partial charge in [0.15, 0.2) is 0 Å². The average molecular weight is 445 g/mol. The Balaban J connectivity index is 1.57. The van der Waals surface area contributed by atoms with Crippen LogP contribution in [-0.4, -0.2) is 26.7 Å². The molecule has 0 spiro atoms. The molecule has 1 aromatic carbocycles. The molecule has 1 N–H and O–H groups in total.